The van der Waals surface area contributed by atoms with Crippen molar-refractivity contribution in [1.82, 2.24) is 20.2 Å². The number of H-pyrrole nitrogens is 1. The third-order valence-electron chi connectivity index (χ3n) is 3.85. The lowest BCUT2D eigenvalue weighted by Gasteiger charge is -2.10. The molecule has 0 saturated heterocycles. The van der Waals surface area contributed by atoms with Crippen LogP contribution in [0.1, 0.15) is 11.3 Å². The van der Waals surface area contributed by atoms with Gasteiger partial charge in [-0.25, -0.2) is 9.97 Å². The van der Waals surface area contributed by atoms with Gasteiger partial charge in [0.15, 0.2) is 5.82 Å². The zero-order valence-corrected chi connectivity index (χ0v) is 13.6. The highest BCUT2D eigenvalue weighted by molar-refractivity contribution is 5.92. The van der Waals surface area contributed by atoms with E-state index in [0.29, 0.717) is 5.82 Å². The fourth-order valence-electron chi connectivity index (χ4n) is 2.66. The van der Waals surface area contributed by atoms with Crippen molar-refractivity contribution in [2.45, 2.75) is 6.92 Å². The molecule has 4 rings (SSSR count). The molecule has 0 radical (unpaired) electrons. The van der Waals surface area contributed by atoms with Crippen LogP contribution in [0.25, 0.3) is 22.3 Å². The van der Waals surface area contributed by atoms with Gasteiger partial charge in [-0.2, -0.15) is 5.10 Å². The predicted octanol–water partition coefficient (Wildman–Crippen LogP) is 4.05. The Morgan fingerprint density at radius 3 is 2.72 bits per heavy atom. The average molecular weight is 325 g/mol. The van der Waals surface area contributed by atoms with Crippen molar-refractivity contribution in [1.29, 1.82) is 0 Å². The first-order valence-corrected chi connectivity index (χ1v) is 7.86. The van der Waals surface area contributed by atoms with Gasteiger partial charge in [0, 0.05) is 22.6 Å². The molecule has 0 aliphatic rings. The van der Waals surface area contributed by atoms with E-state index in [9.17, 15) is 0 Å². The zero-order valence-electron chi connectivity index (χ0n) is 13.6. The highest BCUT2D eigenvalue weighted by Gasteiger charge is 2.10. The van der Waals surface area contributed by atoms with Crippen LogP contribution in [-0.4, -0.2) is 20.2 Å². The largest absolute Gasteiger partial charge is 0.325 e. The van der Waals surface area contributed by atoms with Gasteiger partial charge < -0.3 is 5.32 Å². The maximum atomic E-state index is 5.51. The molecule has 0 aliphatic heterocycles. The van der Waals surface area contributed by atoms with Crippen LogP contribution in [-0.2, 0) is 0 Å². The molecule has 2 heterocycles. The molecule has 0 amide bonds. The third kappa shape index (κ3) is 2.93. The Kier molecular flexibility index (Phi) is 3.64. The normalized spacial score (nSPS) is 10.6. The predicted molar refractivity (Wildman–Crippen MR) is 99.5 cm³/mol. The van der Waals surface area contributed by atoms with Crippen molar-refractivity contribution in [3.63, 3.8) is 0 Å². The highest BCUT2D eigenvalue weighted by Crippen LogP contribution is 2.27. The fourth-order valence-corrected chi connectivity index (χ4v) is 2.66. The molecule has 2 N–H and O–H groups in total. The van der Waals surface area contributed by atoms with Gasteiger partial charge in [0.1, 0.15) is 11.6 Å². The second kappa shape index (κ2) is 6.10. The van der Waals surface area contributed by atoms with Crippen molar-refractivity contribution in [2.75, 3.05) is 5.32 Å². The number of aromatic nitrogens is 4. The monoisotopic (exact) mass is 325 g/mol. The van der Waals surface area contributed by atoms with Crippen LogP contribution < -0.4 is 5.32 Å². The third-order valence-corrected chi connectivity index (χ3v) is 3.85. The summed E-state index contributed by atoms with van der Waals surface area (Å²) < 4.78 is 0. The number of para-hydroxylation sites is 1. The zero-order chi connectivity index (χ0) is 17.2. The van der Waals surface area contributed by atoms with Crippen LogP contribution >= 0.6 is 0 Å². The Morgan fingerprint density at radius 2 is 1.92 bits per heavy atom. The summed E-state index contributed by atoms with van der Waals surface area (Å²) in [5.41, 5.74) is 3.44. The van der Waals surface area contributed by atoms with Gasteiger partial charge >= 0.3 is 0 Å². The van der Waals surface area contributed by atoms with E-state index in [1.54, 1.807) is 0 Å². The van der Waals surface area contributed by atoms with Crippen molar-refractivity contribution >= 4 is 22.5 Å². The molecular formula is C20H15N5. The number of nitrogens with zero attached hydrogens (tertiary/aromatic N) is 3. The summed E-state index contributed by atoms with van der Waals surface area (Å²) in [5, 5.41) is 11.3. The lowest BCUT2D eigenvalue weighted by molar-refractivity contribution is 1.05. The molecule has 4 aromatic rings. The van der Waals surface area contributed by atoms with E-state index < -0.39 is 0 Å². The smallest absolute Gasteiger partial charge is 0.162 e. The number of hydrogen-bond donors (Lipinski definition) is 2. The van der Waals surface area contributed by atoms with E-state index in [0.717, 1.165) is 39.4 Å². The molecule has 0 spiro atoms. The Labute approximate surface area is 145 Å². The number of benzene rings is 2. The first-order valence-electron chi connectivity index (χ1n) is 7.86. The van der Waals surface area contributed by atoms with Crippen molar-refractivity contribution in [2.24, 2.45) is 0 Å². The summed E-state index contributed by atoms with van der Waals surface area (Å²) in [7, 11) is 0. The summed E-state index contributed by atoms with van der Waals surface area (Å²) in [6.45, 7) is 1.93. The van der Waals surface area contributed by atoms with Crippen LogP contribution in [0, 0.1) is 19.3 Å². The van der Waals surface area contributed by atoms with E-state index in [4.69, 9.17) is 11.4 Å². The number of anilines is 2. The van der Waals surface area contributed by atoms with Crippen molar-refractivity contribution in [3.8, 4) is 23.7 Å². The molecule has 2 aromatic carbocycles. The molecule has 0 bridgehead atoms. The number of nitrogens with one attached hydrogen (secondary N) is 2. The quantitative estimate of drug-likeness (QED) is 0.558. The maximum Gasteiger partial charge on any atom is 0.162 e. The van der Waals surface area contributed by atoms with E-state index >= 15 is 0 Å². The van der Waals surface area contributed by atoms with E-state index in [-0.39, 0.29) is 0 Å². The van der Waals surface area contributed by atoms with Crippen molar-refractivity contribution < 1.29 is 0 Å². The van der Waals surface area contributed by atoms with Crippen molar-refractivity contribution in [3.05, 3.63) is 65.9 Å². The van der Waals surface area contributed by atoms with Crippen LogP contribution in [0.3, 0.4) is 0 Å². The molecule has 0 aliphatic carbocycles. The average Bonchev–Trinajstić information content (AvgIpc) is 3.06. The Morgan fingerprint density at radius 1 is 1.04 bits per heavy atom. The minimum Gasteiger partial charge on any atom is -0.325 e. The van der Waals surface area contributed by atoms with Crippen LogP contribution in [0.5, 0.6) is 0 Å². The van der Waals surface area contributed by atoms with Gasteiger partial charge in [-0.15, -0.1) is 6.42 Å². The van der Waals surface area contributed by atoms with Crippen LogP contribution in [0.4, 0.5) is 11.6 Å². The number of aromatic amines is 1. The van der Waals surface area contributed by atoms with E-state index in [1.807, 2.05) is 61.5 Å². The van der Waals surface area contributed by atoms with Gasteiger partial charge in [0.05, 0.1) is 11.2 Å². The molecule has 5 nitrogen and oxygen atoms in total. The Hall–Kier alpha value is -3.65. The van der Waals surface area contributed by atoms with Gasteiger partial charge in [0.25, 0.3) is 0 Å². The minimum absolute atomic E-state index is 0.620. The SMILES string of the molecule is C#Cc1cccc(-c2nc(Nc3cc(C)n[nH]3)c3ccccc3n2)c1. The van der Waals surface area contributed by atoms with Crippen LogP contribution in [0.2, 0.25) is 0 Å². The molecule has 25 heavy (non-hydrogen) atoms. The molecular weight excluding hydrogens is 310 g/mol. The second-order valence-corrected chi connectivity index (χ2v) is 5.69. The number of aryl methyl sites for hydroxylation is 1. The first-order chi connectivity index (χ1) is 12.2. The summed E-state index contributed by atoms with van der Waals surface area (Å²) in [6, 6.07) is 17.5. The first kappa shape index (κ1) is 14.9. The minimum atomic E-state index is 0.620. The number of terminal acetylenes is 1. The maximum absolute atomic E-state index is 5.51. The van der Waals surface area contributed by atoms with Gasteiger partial charge in [-0.1, -0.05) is 30.2 Å². The molecule has 2 aromatic heterocycles. The molecule has 0 saturated carbocycles. The summed E-state index contributed by atoms with van der Waals surface area (Å²) in [4.78, 5) is 9.40. The molecule has 5 heteroatoms. The summed E-state index contributed by atoms with van der Waals surface area (Å²) >= 11 is 0. The standard InChI is InChI=1S/C20H15N5/c1-3-14-7-6-8-15(12-14)19-21-17-10-5-4-9-16(17)20(23-19)22-18-11-13(2)24-25-18/h1,4-12H,2H3,(H2,21,22,23,24,25). The van der Waals surface area contributed by atoms with E-state index in [2.05, 4.69) is 26.4 Å². The van der Waals surface area contributed by atoms with Crippen LogP contribution in [0.15, 0.2) is 54.6 Å². The van der Waals surface area contributed by atoms with Gasteiger partial charge in [-0.05, 0) is 31.2 Å². The topological polar surface area (TPSA) is 66.5 Å². The Bertz CT molecular complexity index is 1100. The fraction of sp³-hybridized carbons (Fsp3) is 0.0500. The van der Waals surface area contributed by atoms with Gasteiger partial charge in [0.2, 0.25) is 0 Å². The highest BCUT2D eigenvalue weighted by atomic mass is 15.2. The lowest BCUT2D eigenvalue weighted by atomic mass is 10.1. The molecule has 0 atom stereocenters. The lowest BCUT2D eigenvalue weighted by Crippen LogP contribution is -1.99. The summed E-state index contributed by atoms with van der Waals surface area (Å²) in [5.74, 6) is 4.77. The molecule has 0 unspecified atom stereocenters. The van der Waals surface area contributed by atoms with E-state index in [1.165, 1.54) is 0 Å². The number of hydrogen-bond acceptors (Lipinski definition) is 4. The second-order valence-electron chi connectivity index (χ2n) is 5.69. The molecule has 0 fully saturated rings. The Balaban J connectivity index is 1.87. The number of rotatable bonds is 3. The number of fused-ring (bicyclic) bond motifs is 1. The van der Waals surface area contributed by atoms with Gasteiger partial charge in [-0.3, -0.25) is 5.10 Å². The molecule has 120 valence electrons. The summed E-state index contributed by atoms with van der Waals surface area (Å²) in [6.07, 6.45) is 5.51.